The van der Waals surface area contributed by atoms with Crippen molar-refractivity contribution in [2.75, 3.05) is 5.32 Å². The van der Waals surface area contributed by atoms with Crippen LogP contribution in [0.25, 0.3) is 11.4 Å². The molecule has 1 fully saturated rings. The summed E-state index contributed by atoms with van der Waals surface area (Å²) in [7, 11) is 0. The Bertz CT molecular complexity index is 562. The first-order chi connectivity index (χ1) is 9.22. The van der Waals surface area contributed by atoms with E-state index in [-0.39, 0.29) is 0 Å². The number of anilines is 1. The van der Waals surface area contributed by atoms with Crippen molar-refractivity contribution in [1.82, 2.24) is 15.2 Å². The predicted molar refractivity (Wildman–Crippen MR) is 75.8 cm³/mol. The molecule has 2 unspecified atom stereocenters. The normalized spacial score (nSPS) is 22.6. The summed E-state index contributed by atoms with van der Waals surface area (Å²) in [5.41, 5.74) is 8.08. The predicted octanol–water partition coefficient (Wildman–Crippen LogP) is 2.07. The first-order valence-electron chi connectivity index (χ1n) is 6.73. The van der Waals surface area contributed by atoms with E-state index in [1.54, 1.807) is 0 Å². The molecule has 5 heteroatoms. The molecule has 19 heavy (non-hydrogen) atoms. The van der Waals surface area contributed by atoms with Crippen LogP contribution >= 0.6 is 0 Å². The van der Waals surface area contributed by atoms with E-state index in [1.807, 2.05) is 25.1 Å². The van der Waals surface area contributed by atoms with Gasteiger partial charge in [0.1, 0.15) is 5.82 Å². The Kier molecular flexibility index (Phi) is 3.21. The lowest BCUT2D eigenvalue weighted by molar-refractivity contribution is 0.688. The second-order valence-corrected chi connectivity index (χ2v) is 5.20. The molecule has 2 atom stereocenters. The third kappa shape index (κ3) is 2.61. The van der Waals surface area contributed by atoms with Gasteiger partial charge in [-0.25, -0.2) is 4.98 Å². The molecule has 1 saturated carbocycles. The Labute approximate surface area is 112 Å². The molecule has 5 nitrogen and oxygen atoms in total. The minimum absolute atomic E-state index is 0.329. The zero-order chi connectivity index (χ0) is 13.2. The van der Waals surface area contributed by atoms with Gasteiger partial charge in [0, 0.05) is 23.3 Å². The van der Waals surface area contributed by atoms with Crippen LogP contribution in [-0.4, -0.2) is 27.3 Å². The number of hydrogen-bond acceptors (Lipinski definition) is 4. The molecule has 0 spiro atoms. The fourth-order valence-electron chi connectivity index (χ4n) is 2.63. The van der Waals surface area contributed by atoms with Crippen LogP contribution in [0.4, 0.5) is 5.69 Å². The molecule has 0 aliphatic heterocycles. The van der Waals surface area contributed by atoms with Gasteiger partial charge in [-0.2, -0.15) is 5.10 Å². The summed E-state index contributed by atoms with van der Waals surface area (Å²) in [6.45, 7) is 1.91. The molecule has 0 saturated heterocycles. The minimum atomic E-state index is 0.329. The van der Waals surface area contributed by atoms with Crippen molar-refractivity contribution in [1.29, 1.82) is 0 Å². The molecule has 1 aromatic carbocycles. The number of benzene rings is 1. The van der Waals surface area contributed by atoms with Crippen molar-refractivity contribution in [2.24, 2.45) is 5.73 Å². The van der Waals surface area contributed by atoms with Gasteiger partial charge in [-0.15, -0.1) is 0 Å². The summed E-state index contributed by atoms with van der Waals surface area (Å²) >= 11 is 0. The molecule has 3 rings (SSSR count). The number of aromatic amines is 1. The van der Waals surface area contributed by atoms with Gasteiger partial charge < -0.3 is 11.1 Å². The standard InChI is InChI=1S/C14H19N5/c1-9-16-14(19-18-9)12-4-2-3-5-13(12)17-11-7-6-10(15)8-11/h2-5,10-11,17H,6-8,15H2,1H3,(H,16,18,19). The molecular formula is C14H19N5. The second-order valence-electron chi connectivity index (χ2n) is 5.20. The molecule has 2 aromatic rings. The Morgan fingerprint density at radius 1 is 1.32 bits per heavy atom. The molecule has 1 aliphatic carbocycles. The van der Waals surface area contributed by atoms with E-state index in [0.717, 1.165) is 42.2 Å². The molecule has 0 amide bonds. The van der Waals surface area contributed by atoms with Crippen molar-refractivity contribution in [3.05, 3.63) is 30.1 Å². The molecule has 0 bridgehead atoms. The number of aromatic nitrogens is 3. The maximum absolute atomic E-state index is 5.96. The highest BCUT2D eigenvalue weighted by Gasteiger charge is 2.22. The summed E-state index contributed by atoms with van der Waals surface area (Å²) < 4.78 is 0. The summed E-state index contributed by atoms with van der Waals surface area (Å²) in [6, 6.07) is 8.93. The number of rotatable bonds is 3. The van der Waals surface area contributed by atoms with Gasteiger partial charge in [-0.1, -0.05) is 12.1 Å². The van der Waals surface area contributed by atoms with E-state index in [0.29, 0.717) is 12.1 Å². The van der Waals surface area contributed by atoms with Crippen LogP contribution in [0, 0.1) is 6.92 Å². The number of aryl methyl sites for hydroxylation is 1. The smallest absolute Gasteiger partial charge is 0.183 e. The quantitative estimate of drug-likeness (QED) is 0.786. The highest BCUT2D eigenvalue weighted by molar-refractivity contribution is 5.73. The SMILES string of the molecule is Cc1nc(-c2ccccc2NC2CCC(N)C2)n[nH]1. The number of nitrogens with zero attached hydrogens (tertiary/aromatic N) is 2. The molecule has 100 valence electrons. The number of nitrogens with two attached hydrogens (primary N) is 1. The lowest BCUT2D eigenvalue weighted by Crippen LogP contribution is -2.21. The Morgan fingerprint density at radius 3 is 2.84 bits per heavy atom. The Balaban J connectivity index is 1.85. The monoisotopic (exact) mass is 257 g/mol. The third-order valence-electron chi connectivity index (χ3n) is 3.60. The van der Waals surface area contributed by atoms with E-state index < -0.39 is 0 Å². The van der Waals surface area contributed by atoms with Gasteiger partial charge >= 0.3 is 0 Å². The summed E-state index contributed by atoms with van der Waals surface area (Å²) in [6.07, 6.45) is 3.25. The van der Waals surface area contributed by atoms with Crippen LogP contribution in [0.5, 0.6) is 0 Å². The van der Waals surface area contributed by atoms with Gasteiger partial charge in [-0.05, 0) is 38.3 Å². The second kappa shape index (κ2) is 5.01. The van der Waals surface area contributed by atoms with Crippen LogP contribution in [0.2, 0.25) is 0 Å². The van der Waals surface area contributed by atoms with Gasteiger partial charge in [0.15, 0.2) is 5.82 Å². The lowest BCUT2D eigenvalue weighted by atomic mass is 10.1. The first kappa shape index (κ1) is 12.2. The third-order valence-corrected chi connectivity index (χ3v) is 3.60. The molecule has 0 radical (unpaired) electrons. The van der Waals surface area contributed by atoms with Crippen molar-refractivity contribution >= 4 is 5.69 Å². The van der Waals surface area contributed by atoms with Crippen LogP contribution in [0.1, 0.15) is 25.1 Å². The zero-order valence-electron chi connectivity index (χ0n) is 11.1. The van der Waals surface area contributed by atoms with E-state index in [1.165, 1.54) is 0 Å². The molecule has 4 N–H and O–H groups in total. The van der Waals surface area contributed by atoms with Gasteiger partial charge in [0.25, 0.3) is 0 Å². The zero-order valence-corrected chi connectivity index (χ0v) is 11.1. The van der Waals surface area contributed by atoms with Gasteiger partial charge in [0.2, 0.25) is 0 Å². The van der Waals surface area contributed by atoms with E-state index >= 15 is 0 Å². The number of nitrogens with one attached hydrogen (secondary N) is 2. The molecular weight excluding hydrogens is 238 g/mol. The maximum Gasteiger partial charge on any atom is 0.183 e. The number of para-hydroxylation sites is 1. The highest BCUT2D eigenvalue weighted by Crippen LogP contribution is 2.28. The average Bonchev–Trinajstić information content (AvgIpc) is 2.99. The van der Waals surface area contributed by atoms with E-state index in [9.17, 15) is 0 Å². The van der Waals surface area contributed by atoms with Crippen molar-refractivity contribution in [2.45, 2.75) is 38.3 Å². The average molecular weight is 257 g/mol. The van der Waals surface area contributed by atoms with Gasteiger partial charge in [-0.3, -0.25) is 5.10 Å². The Morgan fingerprint density at radius 2 is 2.16 bits per heavy atom. The first-order valence-corrected chi connectivity index (χ1v) is 6.73. The van der Waals surface area contributed by atoms with Crippen molar-refractivity contribution in [3.63, 3.8) is 0 Å². The van der Waals surface area contributed by atoms with E-state index in [4.69, 9.17) is 5.73 Å². The molecule has 1 heterocycles. The number of H-pyrrole nitrogens is 1. The number of hydrogen-bond donors (Lipinski definition) is 3. The van der Waals surface area contributed by atoms with Crippen LogP contribution in [-0.2, 0) is 0 Å². The molecule has 1 aromatic heterocycles. The van der Waals surface area contributed by atoms with Crippen LogP contribution in [0.15, 0.2) is 24.3 Å². The fourth-order valence-corrected chi connectivity index (χ4v) is 2.63. The topological polar surface area (TPSA) is 79.6 Å². The van der Waals surface area contributed by atoms with Crippen molar-refractivity contribution < 1.29 is 0 Å². The summed E-state index contributed by atoms with van der Waals surface area (Å²) in [4.78, 5) is 4.40. The lowest BCUT2D eigenvalue weighted by Gasteiger charge is -2.16. The summed E-state index contributed by atoms with van der Waals surface area (Å²) in [5.74, 6) is 1.57. The van der Waals surface area contributed by atoms with Crippen molar-refractivity contribution in [3.8, 4) is 11.4 Å². The Hall–Kier alpha value is -1.88. The van der Waals surface area contributed by atoms with Crippen LogP contribution in [0.3, 0.4) is 0 Å². The fraction of sp³-hybridized carbons (Fsp3) is 0.429. The van der Waals surface area contributed by atoms with Crippen LogP contribution < -0.4 is 11.1 Å². The summed E-state index contributed by atoms with van der Waals surface area (Å²) in [5, 5.41) is 10.7. The van der Waals surface area contributed by atoms with Gasteiger partial charge in [0.05, 0.1) is 0 Å². The highest BCUT2D eigenvalue weighted by atomic mass is 15.2. The minimum Gasteiger partial charge on any atom is -0.382 e. The largest absolute Gasteiger partial charge is 0.382 e. The van der Waals surface area contributed by atoms with E-state index in [2.05, 4.69) is 26.6 Å². The maximum atomic E-state index is 5.96. The molecule has 1 aliphatic rings.